The second-order valence-corrected chi connectivity index (χ2v) is 5.72. The van der Waals surface area contributed by atoms with Gasteiger partial charge in [0, 0.05) is 0 Å². The maximum atomic E-state index is 12.6. The number of amides is 4. The first-order valence-electron chi connectivity index (χ1n) is 6.69. The highest BCUT2D eigenvalue weighted by atomic mass is 79.9. The van der Waals surface area contributed by atoms with Crippen LogP contribution in [0.15, 0.2) is 51.1 Å². The van der Waals surface area contributed by atoms with Crippen LogP contribution in [0.1, 0.15) is 11.3 Å². The van der Waals surface area contributed by atoms with E-state index in [1.165, 1.54) is 6.08 Å². The van der Waals surface area contributed by atoms with Crippen molar-refractivity contribution in [1.82, 2.24) is 5.32 Å². The topological polar surface area (TPSA) is 79.6 Å². The number of anilines is 1. The van der Waals surface area contributed by atoms with E-state index in [4.69, 9.17) is 4.42 Å². The van der Waals surface area contributed by atoms with Crippen molar-refractivity contribution in [2.75, 3.05) is 4.90 Å². The van der Waals surface area contributed by atoms with Crippen LogP contribution in [0.4, 0.5) is 10.5 Å². The molecule has 3 rings (SSSR count). The molecule has 1 aliphatic heterocycles. The van der Waals surface area contributed by atoms with Crippen LogP contribution >= 0.6 is 15.9 Å². The van der Waals surface area contributed by atoms with Gasteiger partial charge in [-0.3, -0.25) is 14.9 Å². The Balaban J connectivity index is 2.00. The average molecular weight is 375 g/mol. The van der Waals surface area contributed by atoms with Gasteiger partial charge >= 0.3 is 6.03 Å². The molecular formula is C16H11BrN2O4. The number of hydrogen-bond donors (Lipinski definition) is 1. The van der Waals surface area contributed by atoms with Gasteiger partial charge in [-0.15, -0.1) is 0 Å². The molecule has 0 bridgehead atoms. The number of aryl methyl sites for hydroxylation is 1. The molecule has 0 aliphatic carbocycles. The number of urea groups is 1. The van der Waals surface area contributed by atoms with E-state index in [0.717, 1.165) is 10.5 Å². The Kier molecular flexibility index (Phi) is 3.87. The number of carbonyl (C=O) groups excluding carboxylic acids is 3. The molecule has 1 aromatic carbocycles. The van der Waals surface area contributed by atoms with E-state index < -0.39 is 17.8 Å². The van der Waals surface area contributed by atoms with Crippen molar-refractivity contribution < 1.29 is 18.8 Å². The molecule has 6 nitrogen and oxygen atoms in total. The summed E-state index contributed by atoms with van der Waals surface area (Å²) < 4.78 is 5.74. The summed E-state index contributed by atoms with van der Waals surface area (Å²) in [6, 6.07) is 9.30. The van der Waals surface area contributed by atoms with Crippen LogP contribution < -0.4 is 10.2 Å². The lowest BCUT2D eigenvalue weighted by atomic mass is 10.1. The van der Waals surface area contributed by atoms with E-state index in [2.05, 4.69) is 21.2 Å². The van der Waals surface area contributed by atoms with Crippen LogP contribution in [0.5, 0.6) is 0 Å². The summed E-state index contributed by atoms with van der Waals surface area (Å²) in [6.07, 6.45) is 1.30. The van der Waals surface area contributed by atoms with Gasteiger partial charge in [-0.2, -0.15) is 0 Å². The fourth-order valence-corrected chi connectivity index (χ4v) is 2.45. The summed E-state index contributed by atoms with van der Waals surface area (Å²) in [4.78, 5) is 37.5. The summed E-state index contributed by atoms with van der Waals surface area (Å²) in [6.45, 7) is 1.89. The van der Waals surface area contributed by atoms with Crippen LogP contribution in [-0.2, 0) is 9.59 Å². The minimum atomic E-state index is -0.776. The minimum absolute atomic E-state index is 0.174. The number of benzene rings is 1. The first-order valence-corrected chi connectivity index (χ1v) is 7.48. The van der Waals surface area contributed by atoms with Crippen LogP contribution in [-0.4, -0.2) is 17.8 Å². The largest absolute Gasteiger partial charge is 0.450 e. The number of carbonyl (C=O) groups is 3. The summed E-state index contributed by atoms with van der Waals surface area (Å²) in [5.41, 5.74) is 1.20. The predicted molar refractivity (Wildman–Crippen MR) is 86.6 cm³/mol. The highest BCUT2D eigenvalue weighted by Gasteiger charge is 2.36. The number of hydrogen-bond acceptors (Lipinski definition) is 4. The Morgan fingerprint density at radius 3 is 2.39 bits per heavy atom. The lowest BCUT2D eigenvalue weighted by Gasteiger charge is -2.26. The van der Waals surface area contributed by atoms with Gasteiger partial charge in [-0.25, -0.2) is 9.69 Å². The summed E-state index contributed by atoms with van der Waals surface area (Å²) in [7, 11) is 0. The quantitative estimate of drug-likeness (QED) is 0.647. The lowest BCUT2D eigenvalue weighted by Crippen LogP contribution is -2.54. The standard InChI is InChI=1S/C16H11BrN2O4/c1-9-2-4-10(5-3-9)19-15(21)12(14(20)18-16(19)22)8-11-6-7-13(17)23-11/h2-8H,1H3,(H,18,20,22). The highest BCUT2D eigenvalue weighted by molar-refractivity contribution is 9.10. The zero-order chi connectivity index (χ0) is 16.6. The highest BCUT2D eigenvalue weighted by Crippen LogP contribution is 2.23. The van der Waals surface area contributed by atoms with Crippen molar-refractivity contribution in [1.29, 1.82) is 0 Å². The molecule has 1 N–H and O–H groups in total. The van der Waals surface area contributed by atoms with Crippen molar-refractivity contribution >= 4 is 45.5 Å². The first kappa shape index (κ1) is 15.2. The van der Waals surface area contributed by atoms with E-state index in [-0.39, 0.29) is 5.57 Å². The Bertz CT molecular complexity index is 836. The average Bonchev–Trinajstić information content (AvgIpc) is 2.91. The Labute approximate surface area is 139 Å². The molecule has 0 atom stereocenters. The van der Waals surface area contributed by atoms with E-state index in [1.54, 1.807) is 36.4 Å². The van der Waals surface area contributed by atoms with E-state index in [0.29, 0.717) is 16.1 Å². The van der Waals surface area contributed by atoms with E-state index in [9.17, 15) is 14.4 Å². The zero-order valence-electron chi connectivity index (χ0n) is 12.0. The zero-order valence-corrected chi connectivity index (χ0v) is 13.6. The van der Waals surface area contributed by atoms with Crippen molar-refractivity contribution in [2.45, 2.75) is 6.92 Å². The molecule has 0 spiro atoms. The lowest BCUT2D eigenvalue weighted by molar-refractivity contribution is -0.122. The van der Waals surface area contributed by atoms with Gasteiger partial charge in [0.05, 0.1) is 5.69 Å². The Morgan fingerprint density at radius 2 is 1.78 bits per heavy atom. The Hall–Kier alpha value is -2.67. The fraction of sp³-hybridized carbons (Fsp3) is 0.0625. The number of imide groups is 2. The van der Waals surface area contributed by atoms with Crippen LogP contribution in [0, 0.1) is 6.92 Å². The van der Waals surface area contributed by atoms with Crippen molar-refractivity contribution in [3.8, 4) is 0 Å². The molecule has 7 heteroatoms. The van der Waals surface area contributed by atoms with Crippen LogP contribution in [0.25, 0.3) is 6.08 Å². The first-order chi connectivity index (χ1) is 11.0. The molecular weight excluding hydrogens is 364 g/mol. The third-order valence-corrected chi connectivity index (χ3v) is 3.70. The van der Waals surface area contributed by atoms with Crippen LogP contribution in [0.2, 0.25) is 0 Å². The third-order valence-electron chi connectivity index (χ3n) is 3.27. The van der Waals surface area contributed by atoms with Crippen molar-refractivity contribution in [2.24, 2.45) is 0 Å². The number of barbiturate groups is 1. The minimum Gasteiger partial charge on any atom is -0.450 e. The molecule has 0 saturated carbocycles. The molecule has 0 radical (unpaired) electrons. The van der Waals surface area contributed by atoms with Crippen molar-refractivity contribution in [3.05, 3.63) is 58.0 Å². The van der Waals surface area contributed by atoms with Gasteiger partial charge in [0.25, 0.3) is 11.8 Å². The van der Waals surface area contributed by atoms with Gasteiger partial charge in [0.1, 0.15) is 11.3 Å². The molecule has 23 heavy (non-hydrogen) atoms. The molecule has 4 amide bonds. The smallest absolute Gasteiger partial charge is 0.335 e. The number of rotatable bonds is 2. The molecule has 2 heterocycles. The fourth-order valence-electron chi connectivity index (χ4n) is 2.13. The van der Waals surface area contributed by atoms with Gasteiger partial charge in [0.15, 0.2) is 4.67 Å². The predicted octanol–water partition coefficient (Wildman–Crippen LogP) is 3.02. The summed E-state index contributed by atoms with van der Waals surface area (Å²) in [5.74, 6) is -1.13. The summed E-state index contributed by atoms with van der Waals surface area (Å²) in [5, 5.41) is 2.16. The number of nitrogens with zero attached hydrogens (tertiary/aromatic N) is 1. The molecule has 2 aromatic rings. The van der Waals surface area contributed by atoms with Gasteiger partial charge in [-0.05, 0) is 53.2 Å². The SMILES string of the molecule is Cc1ccc(N2C(=O)NC(=O)C(=Cc3ccc(Br)o3)C2=O)cc1. The van der Waals surface area contributed by atoms with E-state index in [1.807, 2.05) is 6.92 Å². The molecule has 1 aromatic heterocycles. The maximum Gasteiger partial charge on any atom is 0.335 e. The molecule has 1 saturated heterocycles. The van der Waals surface area contributed by atoms with Crippen LogP contribution in [0.3, 0.4) is 0 Å². The van der Waals surface area contributed by atoms with Crippen molar-refractivity contribution in [3.63, 3.8) is 0 Å². The van der Waals surface area contributed by atoms with Gasteiger partial charge in [-0.1, -0.05) is 17.7 Å². The Morgan fingerprint density at radius 1 is 1.09 bits per heavy atom. The molecule has 1 fully saturated rings. The molecule has 0 unspecified atom stereocenters. The number of furan rings is 1. The normalized spacial score (nSPS) is 16.9. The second-order valence-electron chi connectivity index (χ2n) is 4.94. The van der Waals surface area contributed by atoms with Gasteiger partial charge < -0.3 is 4.42 Å². The number of nitrogens with one attached hydrogen (secondary N) is 1. The second kappa shape index (κ2) is 5.85. The third kappa shape index (κ3) is 2.95. The molecule has 116 valence electrons. The van der Waals surface area contributed by atoms with Gasteiger partial charge in [0.2, 0.25) is 0 Å². The van der Waals surface area contributed by atoms with E-state index >= 15 is 0 Å². The molecule has 1 aliphatic rings. The monoisotopic (exact) mass is 374 g/mol. The maximum absolute atomic E-state index is 12.6. The summed E-state index contributed by atoms with van der Waals surface area (Å²) >= 11 is 3.15. The number of halogens is 1.